The molecule has 2 saturated carbocycles. The van der Waals surface area contributed by atoms with Crippen molar-refractivity contribution in [2.24, 2.45) is 17.8 Å². The molecule has 0 saturated heterocycles. The Labute approximate surface area is 130 Å². The van der Waals surface area contributed by atoms with E-state index in [9.17, 15) is 14.3 Å². The molecule has 2 aliphatic rings. The second kappa shape index (κ2) is 6.65. The van der Waals surface area contributed by atoms with Crippen LogP contribution in [0.25, 0.3) is 0 Å². The number of amides is 2. The van der Waals surface area contributed by atoms with Gasteiger partial charge in [0.05, 0.1) is 0 Å². The number of fused-ring (bicyclic) bond motifs is 2. The monoisotopic (exact) mass is 306 g/mol. The van der Waals surface area contributed by atoms with Crippen LogP contribution in [0.5, 0.6) is 0 Å². The van der Waals surface area contributed by atoms with Crippen molar-refractivity contribution in [3.63, 3.8) is 0 Å². The molecule has 0 radical (unpaired) electrons. The summed E-state index contributed by atoms with van der Waals surface area (Å²) in [5.41, 5.74) is 0.607. The van der Waals surface area contributed by atoms with E-state index >= 15 is 0 Å². The van der Waals surface area contributed by atoms with Gasteiger partial charge in [0.25, 0.3) is 0 Å². The van der Waals surface area contributed by atoms with Crippen molar-refractivity contribution in [1.82, 2.24) is 10.6 Å². The van der Waals surface area contributed by atoms with Gasteiger partial charge in [-0.05, 0) is 49.1 Å². The van der Waals surface area contributed by atoms with Crippen molar-refractivity contribution in [2.45, 2.75) is 31.7 Å². The molecule has 4 nitrogen and oxygen atoms in total. The van der Waals surface area contributed by atoms with Gasteiger partial charge in [-0.3, -0.25) is 0 Å². The number of hydrogen-bond acceptors (Lipinski definition) is 2. The second-order valence-corrected chi connectivity index (χ2v) is 6.45. The Morgan fingerprint density at radius 2 is 2.05 bits per heavy atom. The summed E-state index contributed by atoms with van der Waals surface area (Å²) in [7, 11) is 0. The maximum absolute atomic E-state index is 13.5. The van der Waals surface area contributed by atoms with E-state index in [2.05, 4.69) is 10.6 Å². The minimum Gasteiger partial charge on any atom is -0.396 e. The molecule has 2 bridgehead atoms. The second-order valence-electron chi connectivity index (χ2n) is 6.45. The lowest BCUT2D eigenvalue weighted by Crippen LogP contribution is -2.49. The maximum Gasteiger partial charge on any atom is 0.315 e. The zero-order valence-electron chi connectivity index (χ0n) is 12.6. The SMILES string of the molecule is O=C(NCCc1ccccc1F)NC1C2CCC(C2)C1CO. The van der Waals surface area contributed by atoms with Gasteiger partial charge in [0, 0.05) is 25.1 Å². The van der Waals surface area contributed by atoms with Gasteiger partial charge >= 0.3 is 6.03 Å². The molecule has 2 amide bonds. The topological polar surface area (TPSA) is 61.4 Å². The van der Waals surface area contributed by atoms with E-state index in [1.807, 2.05) is 0 Å². The summed E-state index contributed by atoms with van der Waals surface area (Å²) in [4.78, 5) is 12.0. The average molecular weight is 306 g/mol. The molecule has 4 unspecified atom stereocenters. The number of rotatable bonds is 5. The number of aliphatic hydroxyl groups excluding tert-OH is 1. The predicted molar refractivity (Wildman–Crippen MR) is 81.8 cm³/mol. The largest absolute Gasteiger partial charge is 0.396 e. The fourth-order valence-corrected chi connectivity index (χ4v) is 4.11. The molecule has 0 heterocycles. The summed E-state index contributed by atoms with van der Waals surface area (Å²) < 4.78 is 13.5. The van der Waals surface area contributed by atoms with Gasteiger partial charge in [-0.15, -0.1) is 0 Å². The number of carbonyl (C=O) groups is 1. The number of benzene rings is 1. The molecule has 120 valence electrons. The van der Waals surface area contributed by atoms with Crippen LogP contribution >= 0.6 is 0 Å². The summed E-state index contributed by atoms with van der Waals surface area (Å²) >= 11 is 0. The number of halogens is 1. The van der Waals surface area contributed by atoms with E-state index in [0.717, 1.165) is 12.8 Å². The number of nitrogens with one attached hydrogen (secondary N) is 2. The first-order valence-corrected chi connectivity index (χ1v) is 8.07. The van der Waals surface area contributed by atoms with E-state index in [1.165, 1.54) is 12.5 Å². The number of aliphatic hydroxyl groups is 1. The molecule has 0 aromatic heterocycles. The highest BCUT2D eigenvalue weighted by molar-refractivity contribution is 5.74. The molecule has 22 heavy (non-hydrogen) atoms. The fraction of sp³-hybridized carbons (Fsp3) is 0.588. The van der Waals surface area contributed by atoms with Gasteiger partial charge in [0.2, 0.25) is 0 Å². The van der Waals surface area contributed by atoms with E-state index in [1.54, 1.807) is 18.2 Å². The molecule has 4 atom stereocenters. The Hall–Kier alpha value is -1.62. The number of carbonyl (C=O) groups excluding carboxylic acids is 1. The average Bonchev–Trinajstić information content (AvgIpc) is 3.10. The summed E-state index contributed by atoms with van der Waals surface area (Å²) in [6, 6.07) is 6.47. The quantitative estimate of drug-likeness (QED) is 0.780. The highest BCUT2D eigenvalue weighted by Crippen LogP contribution is 2.48. The third-order valence-electron chi connectivity index (χ3n) is 5.23. The van der Waals surface area contributed by atoms with Crippen LogP contribution in [-0.2, 0) is 6.42 Å². The molecule has 3 rings (SSSR count). The van der Waals surface area contributed by atoms with E-state index in [0.29, 0.717) is 30.4 Å². The summed E-state index contributed by atoms with van der Waals surface area (Å²) in [6.07, 6.45) is 3.90. The smallest absolute Gasteiger partial charge is 0.315 e. The molecule has 1 aromatic carbocycles. The molecule has 0 aliphatic heterocycles. The van der Waals surface area contributed by atoms with Gasteiger partial charge in [-0.1, -0.05) is 18.2 Å². The van der Waals surface area contributed by atoms with Crippen LogP contribution in [0.3, 0.4) is 0 Å². The van der Waals surface area contributed by atoms with Gasteiger partial charge < -0.3 is 15.7 Å². The van der Waals surface area contributed by atoms with Crippen LogP contribution in [0.4, 0.5) is 9.18 Å². The highest BCUT2D eigenvalue weighted by Gasteiger charge is 2.47. The molecule has 0 spiro atoms. The minimum absolute atomic E-state index is 0.0808. The Kier molecular flexibility index (Phi) is 4.62. The van der Waals surface area contributed by atoms with E-state index < -0.39 is 0 Å². The van der Waals surface area contributed by atoms with Crippen LogP contribution in [0.1, 0.15) is 24.8 Å². The Bertz CT molecular complexity index is 537. The normalized spacial score (nSPS) is 29.5. The third kappa shape index (κ3) is 3.09. The standard InChI is InChI=1S/C17H23FN2O2/c18-15-4-2-1-3-11(15)7-8-19-17(22)20-16-13-6-5-12(9-13)14(16)10-21/h1-4,12-14,16,21H,5-10H2,(H2,19,20,22). The van der Waals surface area contributed by atoms with Crippen LogP contribution in [-0.4, -0.2) is 30.3 Å². The third-order valence-corrected chi connectivity index (χ3v) is 5.23. The molecule has 2 fully saturated rings. The van der Waals surface area contributed by atoms with Gasteiger partial charge in [-0.25, -0.2) is 9.18 Å². The van der Waals surface area contributed by atoms with E-state index in [4.69, 9.17) is 0 Å². The molecular formula is C17H23FN2O2. The Morgan fingerprint density at radius 1 is 1.27 bits per heavy atom. The van der Waals surface area contributed by atoms with Crippen LogP contribution in [0, 0.1) is 23.6 Å². The fourth-order valence-electron chi connectivity index (χ4n) is 4.11. The maximum atomic E-state index is 13.5. The number of urea groups is 1. The van der Waals surface area contributed by atoms with Crippen LogP contribution in [0.15, 0.2) is 24.3 Å². The van der Waals surface area contributed by atoms with Crippen LogP contribution in [0.2, 0.25) is 0 Å². The van der Waals surface area contributed by atoms with Crippen molar-refractivity contribution in [1.29, 1.82) is 0 Å². The first-order valence-electron chi connectivity index (χ1n) is 8.07. The molecule has 5 heteroatoms. The molecule has 1 aromatic rings. The molecule has 3 N–H and O–H groups in total. The lowest BCUT2D eigenvalue weighted by Gasteiger charge is -2.30. The van der Waals surface area contributed by atoms with Crippen molar-refractivity contribution in [3.8, 4) is 0 Å². The summed E-state index contributed by atoms with van der Waals surface area (Å²) in [5.74, 6) is 1.01. The first-order chi connectivity index (χ1) is 10.7. The lowest BCUT2D eigenvalue weighted by molar-refractivity contribution is 0.144. The zero-order valence-corrected chi connectivity index (χ0v) is 12.6. The Morgan fingerprint density at radius 3 is 2.82 bits per heavy atom. The first kappa shape index (κ1) is 15.3. The van der Waals surface area contributed by atoms with Gasteiger partial charge in [0.15, 0.2) is 0 Å². The highest BCUT2D eigenvalue weighted by atomic mass is 19.1. The lowest BCUT2D eigenvalue weighted by atomic mass is 9.85. The zero-order chi connectivity index (χ0) is 15.5. The van der Waals surface area contributed by atoms with Crippen molar-refractivity contribution in [2.75, 3.05) is 13.2 Å². The van der Waals surface area contributed by atoms with Crippen molar-refractivity contribution in [3.05, 3.63) is 35.6 Å². The van der Waals surface area contributed by atoms with Crippen molar-refractivity contribution >= 4 is 6.03 Å². The molecular weight excluding hydrogens is 283 g/mol. The Balaban J connectivity index is 1.46. The minimum atomic E-state index is -0.238. The van der Waals surface area contributed by atoms with Gasteiger partial charge in [-0.2, -0.15) is 0 Å². The van der Waals surface area contributed by atoms with Gasteiger partial charge in [0.1, 0.15) is 5.82 Å². The predicted octanol–water partition coefficient (Wildman–Crippen LogP) is 2.07. The number of hydrogen-bond donors (Lipinski definition) is 3. The summed E-state index contributed by atoms with van der Waals surface area (Å²) in [5, 5.41) is 15.3. The van der Waals surface area contributed by atoms with Crippen molar-refractivity contribution < 1.29 is 14.3 Å². The summed E-state index contributed by atoms with van der Waals surface area (Å²) in [6.45, 7) is 0.540. The van der Waals surface area contributed by atoms with E-state index in [-0.39, 0.29) is 30.4 Å². The van der Waals surface area contributed by atoms with Crippen LogP contribution < -0.4 is 10.6 Å². The molecule has 2 aliphatic carbocycles.